The van der Waals surface area contributed by atoms with Gasteiger partial charge in [-0.15, -0.1) is 0 Å². The first-order valence-corrected chi connectivity index (χ1v) is 4.83. The van der Waals surface area contributed by atoms with E-state index in [1.54, 1.807) is 12.3 Å². The molecule has 0 saturated carbocycles. The van der Waals surface area contributed by atoms with Gasteiger partial charge in [-0.3, -0.25) is 0 Å². The Morgan fingerprint density at radius 3 is 2.62 bits per heavy atom. The highest BCUT2D eigenvalue weighted by atomic mass is 15.0. The molecule has 1 aromatic heterocycles. The molecule has 2 aromatic rings. The number of hydrogen-bond donors (Lipinski definition) is 1. The zero-order chi connectivity index (χ0) is 11.4. The summed E-state index contributed by atoms with van der Waals surface area (Å²) < 4.78 is 0. The van der Waals surface area contributed by atoms with Gasteiger partial charge in [0.1, 0.15) is 6.33 Å². The van der Waals surface area contributed by atoms with Gasteiger partial charge in [-0.05, 0) is 31.2 Å². The van der Waals surface area contributed by atoms with Crippen LogP contribution in [0.25, 0.3) is 0 Å². The summed E-state index contributed by atoms with van der Waals surface area (Å²) in [6.07, 6.45) is 3.26. The van der Waals surface area contributed by atoms with Crippen LogP contribution >= 0.6 is 0 Å². The Labute approximate surface area is 93.6 Å². The maximum Gasteiger partial charge on any atom is 0.115 e. The minimum absolute atomic E-state index is 0.721. The first-order chi connectivity index (χ1) is 7.79. The highest BCUT2D eigenvalue weighted by Crippen LogP contribution is 2.38. The third-order valence-electron chi connectivity index (χ3n) is 2.09. The quantitative estimate of drug-likeness (QED) is 0.578. The Hall–Kier alpha value is -2.41. The first kappa shape index (κ1) is 10.1. The van der Waals surface area contributed by atoms with E-state index in [-0.39, 0.29) is 0 Å². The topological polar surface area (TPSA) is 71.5 Å². The van der Waals surface area contributed by atoms with E-state index in [9.17, 15) is 0 Å². The van der Waals surface area contributed by atoms with Crippen molar-refractivity contribution in [2.24, 2.45) is 0 Å². The number of nitrogens with one attached hydrogen (secondary N) is 1. The van der Waals surface area contributed by atoms with Crippen molar-refractivity contribution >= 4 is 11.4 Å². The molecule has 0 radical (unpaired) electrons. The Kier molecular flexibility index (Phi) is 2.79. The third kappa shape index (κ3) is 2.55. The van der Waals surface area contributed by atoms with Crippen LogP contribution < -0.4 is 5.32 Å². The second kappa shape index (κ2) is 4.41. The zero-order valence-electron chi connectivity index (χ0n) is 8.81. The van der Waals surface area contributed by atoms with Crippen molar-refractivity contribution in [1.82, 2.24) is 9.97 Å². The van der Waals surface area contributed by atoms with Crippen LogP contribution in [0.5, 0.6) is 0 Å². The number of anilines is 2. The van der Waals surface area contributed by atoms with Crippen molar-refractivity contribution in [2.75, 3.05) is 5.32 Å². The van der Waals surface area contributed by atoms with E-state index in [4.69, 9.17) is 5.26 Å². The molecule has 4 nitrogen and oxygen atoms in total. The molecule has 0 spiro atoms. The molecule has 4 heteroatoms. The van der Waals surface area contributed by atoms with Gasteiger partial charge in [-0.2, -0.15) is 5.26 Å². The molecular weight excluding hydrogens is 200 g/mol. The molecule has 1 N–H and O–H groups in total. The monoisotopic (exact) mass is 210 g/mol. The summed E-state index contributed by atoms with van der Waals surface area (Å²) in [4.78, 5) is 7.60. The van der Waals surface area contributed by atoms with E-state index >= 15 is 0 Å². The molecule has 1 aliphatic heterocycles. The Morgan fingerprint density at radius 1 is 1.25 bits per heavy atom. The van der Waals surface area contributed by atoms with E-state index in [1.807, 2.05) is 25.1 Å². The molecule has 0 saturated heterocycles. The second-order valence-corrected chi connectivity index (χ2v) is 3.35. The molecule has 16 heavy (non-hydrogen) atoms. The van der Waals surface area contributed by atoms with Crippen LogP contribution in [0, 0.1) is 18.3 Å². The van der Waals surface area contributed by atoms with E-state index in [0.717, 1.165) is 22.6 Å². The van der Waals surface area contributed by atoms with Gasteiger partial charge in [0, 0.05) is 11.9 Å². The molecule has 0 bridgehead atoms. The zero-order valence-corrected chi connectivity index (χ0v) is 8.81. The van der Waals surface area contributed by atoms with Gasteiger partial charge < -0.3 is 5.32 Å². The van der Waals surface area contributed by atoms with E-state index in [0.29, 0.717) is 0 Å². The van der Waals surface area contributed by atoms with Gasteiger partial charge >= 0.3 is 0 Å². The predicted octanol–water partition coefficient (Wildman–Crippen LogP) is 2.40. The van der Waals surface area contributed by atoms with Gasteiger partial charge in [0.2, 0.25) is 0 Å². The van der Waals surface area contributed by atoms with Gasteiger partial charge in [-0.25, -0.2) is 9.97 Å². The summed E-state index contributed by atoms with van der Waals surface area (Å²) >= 11 is 0. The largest absolute Gasteiger partial charge is 0.352 e. The Bertz CT molecular complexity index is 528. The van der Waals surface area contributed by atoms with Crippen molar-refractivity contribution in [1.29, 1.82) is 5.26 Å². The number of nitriles is 1. The standard InChI is InChI=1S/C7H4N2.C5H6N2/c8-4-5-1-2-6-7(3-5)9-6;1-5-2-3-6-4-7-5/h1-3,9H;2-4H,1H3. The smallest absolute Gasteiger partial charge is 0.115 e. The molecule has 1 aromatic carbocycles. The average Bonchev–Trinajstić information content (AvgIpc) is 3.08. The van der Waals surface area contributed by atoms with Gasteiger partial charge in [0.15, 0.2) is 0 Å². The molecular formula is C12H10N4. The fourth-order valence-corrected chi connectivity index (χ4v) is 1.16. The van der Waals surface area contributed by atoms with E-state index in [2.05, 4.69) is 21.4 Å². The number of aryl methyl sites for hydroxylation is 1. The summed E-state index contributed by atoms with van der Waals surface area (Å²) in [6.45, 7) is 1.93. The Morgan fingerprint density at radius 2 is 2.12 bits per heavy atom. The maximum absolute atomic E-state index is 8.41. The highest BCUT2D eigenvalue weighted by Gasteiger charge is 2.14. The molecule has 0 unspecified atom stereocenters. The number of nitrogens with zero attached hydrogens (tertiary/aromatic N) is 3. The number of benzene rings is 1. The molecule has 0 amide bonds. The Balaban J connectivity index is 0.000000125. The van der Waals surface area contributed by atoms with E-state index in [1.165, 1.54) is 6.33 Å². The minimum Gasteiger partial charge on any atom is -0.352 e. The van der Waals surface area contributed by atoms with Gasteiger partial charge in [0.25, 0.3) is 0 Å². The number of aromatic nitrogens is 2. The number of hydrogen-bond acceptors (Lipinski definition) is 4. The van der Waals surface area contributed by atoms with Crippen molar-refractivity contribution < 1.29 is 0 Å². The number of rotatable bonds is 0. The van der Waals surface area contributed by atoms with Crippen molar-refractivity contribution in [3.8, 4) is 6.07 Å². The lowest BCUT2D eigenvalue weighted by atomic mass is 10.2. The average molecular weight is 210 g/mol. The first-order valence-electron chi connectivity index (χ1n) is 4.83. The van der Waals surface area contributed by atoms with Crippen LogP contribution in [-0.2, 0) is 0 Å². The molecule has 3 rings (SSSR count). The summed E-state index contributed by atoms with van der Waals surface area (Å²) in [5.74, 6) is 0. The molecule has 1 aliphatic rings. The van der Waals surface area contributed by atoms with Crippen LogP contribution in [0.3, 0.4) is 0 Å². The maximum atomic E-state index is 8.41. The lowest BCUT2D eigenvalue weighted by Crippen LogP contribution is -1.77. The molecule has 0 atom stereocenters. The van der Waals surface area contributed by atoms with Gasteiger partial charge in [-0.1, -0.05) is 0 Å². The molecule has 0 aliphatic carbocycles. The van der Waals surface area contributed by atoms with Crippen molar-refractivity contribution in [3.05, 3.63) is 48.0 Å². The minimum atomic E-state index is 0.721. The number of fused-ring (bicyclic) bond motifs is 1. The van der Waals surface area contributed by atoms with E-state index < -0.39 is 0 Å². The van der Waals surface area contributed by atoms with Crippen molar-refractivity contribution in [3.63, 3.8) is 0 Å². The lowest BCUT2D eigenvalue weighted by molar-refractivity contribution is 1.10. The van der Waals surface area contributed by atoms with Crippen LogP contribution in [-0.4, -0.2) is 9.97 Å². The summed E-state index contributed by atoms with van der Waals surface area (Å²) in [5, 5.41) is 11.4. The summed E-state index contributed by atoms with van der Waals surface area (Å²) in [6, 6.07) is 9.48. The molecule has 0 fully saturated rings. The third-order valence-corrected chi connectivity index (χ3v) is 2.09. The fraction of sp³-hybridized carbons (Fsp3) is 0.0833. The van der Waals surface area contributed by atoms with Crippen LogP contribution in [0.1, 0.15) is 11.3 Å². The van der Waals surface area contributed by atoms with Crippen LogP contribution in [0.15, 0.2) is 36.8 Å². The van der Waals surface area contributed by atoms with Gasteiger partial charge in [0.05, 0.1) is 23.0 Å². The van der Waals surface area contributed by atoms with Crippen molar-refractivity contribution in [2.45, 2.75) is 6.92 Å². The summed E-state index contributed by atoms with van der Waals surface area (Å²) in [7, 11) is 0. The predicted molar refractivity (Wildman–Crippen MR) is 61.2 cm³/mol. The SMILES string of the molecule is Cc1ccncn1.N#Cc1ccc2c(c1)N2. The normalized spacial score (nSPS) is 10.0. The fourth-order valence-electron chi connectivity index (χ4n) is 1.16. The van der Waals surface area contributed by atoms with Crippen LogP contribution in [0.2, 0.25) is 0 Å². The van der Waals surface area contributed by atoms with Crippen LogP contribution in [0.4, 0.5) is 11.4 Å². The lowest BCUT2D eigenvalue weighted by Gasteiger charge is -1.81. The highest BCUT2D eigenvalue weighted by molar-refractivity contribution is 5.90. The molecule has 2 heterocycles. The molecule has 78 valence electrons. The second-order valence-electron chi connectivity index (χ2n) is 3.35. The summed E-state index contributed by atoms with van der Waals surface area (Å²) in [5.41, 5.74) is 3.97.